The summed E-state index contributed by atoms with van der Waals surface area (Å²) >= 11 is 0. The van der Waals surface area contributed by atoms with E-state index in [4.69, 9.17) is 9.47 Å². The Morgan fingerprint density at radius 2 is 1.72 bits per heavy atom. The van der Waals surface area contributed by atoms with Gasteiger partial charge in [-0.3, -0.25) is 9.59 Å². The fraction of sp³-hybridized carbons (Fsp3) is 0.467. The zero-order chi connectivity index (χ0) is 18.0. The molecule has 1 fully saturated rings. The maximum absolute atomic E-state index is 12.3. The Balaban J connectivity index is 1.57. The lowest BCUT2D eigenvalue weighted by Gasteiger charge is -2.34. The van der Waals surface area contributed by atoms with Crippen LogP contribution in [-0.4, -0.2) is 69.5 Å². The summed E-state index contributed by atoms with van der Waals surface area (Å²) in [4.78, 5) is 26.7. The average molecular weight is 369 g/mol. The van der Waals surface area contributed by atoms with E-state index in [1.54, 1.807) is 9.80 Å². The number of fused-ring (bicyclic) bond motifs is 1. The summed E-state index contributed by atoms with van der Waals surface area (Å²) in [5, 5.41) is 0. The molecular formula is C15H19N3O6S. The number of ether oxygens (including phenoxy) is 2. The van der Waals surface area contributed by atoms with Gasteiger partial charge in [-0.15, -0.1) is 0 Å². The minimum Gasteiger partial charge on any atom is -0.454 e. The van der Waals surface area contributed by atoms with Crippen molar-refractivity contribution in [3.05, 3.63) is 18.2 Å². The van der Waals surface area contributed by atoms with Crippen LogP contribution in [0.15, 0.2) is 23.1 Å². The van der Waals surface area contributed by atoms with Crippen LogP contribution in [0.4, 0.5) is 0 Å². The van der Waals surface area contributed by atoms with Gasteiger partial charge < -0.3 is 19.3 Å². The van der Waals surface area contributed by atoms with Gasteiger partial charge in [0.1, 0.15) is 0 Å². The second-order valence-electron chi connectivity index (χ2n) is 5.73. The van der Waals surface area contributed by atoms with E-state index >= 15 is 0 Å². The number of benzene rings is 1. The van der Waals surface area contributed by atoms with Crippen molar-refractivity contribution in [2.24, 2.45) is 0 Å². The number of hydrogen-bond donors (Lipinski definition) is 1. The van der Waals surface area contributed by atoms with E-state index < -0.39 is 10.0 Å². The second kappa shape index (κ2) is 6.89. The van der Waals surface area contributed by atoms with Gasteiger partial charge in [0.25, 0.3) is 0 Å². The third-order valence-corrected chi connectivity index (χ3v) is 5.54. The molecule has 2 aliphatic rings. The first-order valence-corrected chi connectivity index (χ1v) is 9.28. The van der Waals surface area contributed by atoms with Crippen molar-refractivity contribution in [1.82, 2.24) is 14.5 Å². The van der Waals surface area contributed by atoms with Crippen LogP contribution in [-0.2, 0) is 19.6 Å². The van der Waals surface area contributed by atoms with Crippen LogP contribution in [0, 0.1) is 0 Å². The molecule has 1 saturated heterocycles. The van der Waals surface area contributed by atoms with Crippen molar-refractivity contribution >= 4 is 21.8 Å². The number of hydrogen-bond acceptors (Lipinski definition) is 6. The first kappa shape index (κ1) is 17.5. The lowest BCUT2D eigenvalue weighted by Crippen LogP contribution is -2.52. The maximum Gasteiger partial charge on any atom is 0.241 e. The highest BCUT2D eigenvalue weighted by molar-refractivity contribution is 7.89. The number of amides is 2. The molecule has 2 heterocycles. The molecule has 25 heavy (non-hydrogen) atoms. The third-order valence-electron chi connectivity index (χ3n) is 4.15. The van der Waals surface area contributed by atoms with E-state index in [1.165, 1.54) is 25.1 Å². The summed E-state index contributed by atoms with van der Waals surface area (Å²) in [6, 6.07) is 4.27. The van der Waals surface area contributed by atoms with Gasteiger partial charge in [-0.05, 0) is 12.1 Å². The summed E-state index contributed by atoms with van der Waals surface area (Å²) < 4.78 is 37.3. The molecule has 0 spiro atoms. The fourth-order valence-corrected chi connectivity index (χ4v) is 3.66. The van der Waals surface area contributed by atoms with Crippen molar-refractivity contribution in [3.8, 4) is 11.5 Å². The molecule has 0 unspecified atom stereocenters. The molecule has 136 valence electrons. The largest absolute Gasteiger partial charge is 0.454 e. The minimum atomic E-state index is -3.84. The van der Waals surface area contributed by atoms with Gasteiger partial charge in [0, 0.05) is 39.2 Å². The van der Waals surface area contributed by atoms with Crippen LogP contribution in [0.5, 0.6) is 11.5 Å². The molecule has 0 aliphatic carbocycles. The fourth-order valence-electron chi connectivity index (χ4n) is 2.67. The molecule has 0 bridgehead atoms. The minimum absolute atomic E-state index is 0.00551. The summed E-state index contributed by atoms with van der Waals surface area (Å²) in [6.45, 7) is 2.89. The zero-order valence-corrected chi connectivity index (χ0v) is 14.5. The Morgan fingerprint density at radius 1 is 1.08 bits per heavy atom. The van der Waals surface area contributed by atoms with Crippen LogP contribution in [0.25, 0.3) is 0 Å². The molecule has 0 saturated carbocycles. The Labute approximate surface area is 145 Å². The summed E-state index contributed by atoms with van der Waals surface area (Å²) in [6.07, 6.45) is 0. The average Bonchev–Trinajstić information content (AvgIpc) is 3.07. The predicted octanol–water partition coefficient (Wildman–Crippen LogP) is -0.616. The van der Waals surface area contributed by atoms with Crippen LogP contribution in [0.2, 0.25) is 0 Å². The molecule has 2 aliphatic heterocycles. The smallest absolute Gasteiger partial charge is 0.241 e. The van der Waals surface area contributed by atoms with Gasteiger partial charge in [-0.25, -0.2) is 13.1 Å². The summed E-state index contributed by atoms with van der Waals surface area (Å²) in [5.74, 6) is 0.482. The number of nitrogens with zero attached hydrogens (tertiary/aromatic N) is 2. The standard InChI is InChI=1S/C15H19N3O6S/c1-11(19)17-4-6-18(7-5-17)15(20)9-16-25(21,22)12-2-3-13-14(8-12)24-10-23-13/h2-3,8,16H,4-7,9-10H2,1H3. The number of sulfonamides is 1. The zero-order valence-electron chi connectivity index (χ0n) is 13.7. The van der Waals surface area contributed by atoms with Crippen molar-refractivity contribution in [2.45, 2.75) is 11.8 Å². The first-order valence-electron chi connectivity index (χ1n) is 7.79. The normalized spacial score (nSPS) is 16.8. The Bertz CT molecular complexity index is 786. The van der Waals surface area contributed by atoms with Gasteiger partial charge in [-0.1, -0.05) is 0 Å². The van der Waals surface area contributed by atoms with Gasteiger partial charge in [0.2, 0.25) is 28.6 Å². The summed E-state index contributed by atoms with van der Waals surface area (Å²) in [5.41, 5.74) is 0. The number of piperazine rings is 1. The number of carbonyl (C=O) groups is 2. The number of carbonyl (C=O) groups excluding carboxylic acids is 2. The van der Waals surface area contributed by atoms with E-state index in [9.17, 15) is 18.0 Å². The predicted molar refractivity (Wildman–Crippen MR) is 86.6 cm³/mol. The third kappa shape index (κ3) is 3.85. The van der Waals surface area contributed by atoms with Crippen LogP contribution in [0.1, 0.15) is 6.92 Å². The van der Waals surface area contributed by atoms with E-state index in [1.807, 2.05) is 0 Å². The molecule has 0 atom stereocenters. The van der Waals surface area contributed by atoms with E-state index in [0.29, 0.717) is 37.7 Å². The molecule has 3 rings (SSSR count). The highest BCUT2D eigenvalue weighted by Crippen LogP contribution is 2.33. The van der Waals surface area contributed by atoms with Crippen molar-refractivity contribution < 1.29 is 27.5 Å². The van der Waals surface area contributed by atoms with Crippen LogP contribution >= 0.6 is 0 Å². The van der Waals surface area contributed by atoms with Gasteiger partial charge in [-0.2, -0.15) is 0 Å². The SMILES string of the molecule is CC(=O)N1CCN(C(=O)CNS(=O)(=O)c2ccc3c(c2)OCO3)CC1. The Hall–Kier alpha value is -2.33. The Kier molecular flexibility index (Phi) is 4.82. The van der Waals surface area contributed by atoms with Gasteiger partial charge >= 0.3 is 0 Å². The van der Waals surface area contributed by atoms with Crippen molar-refractivity contribution in [3.63, 3.8) is 0 Å². The van der Waals surface area contributed by atoms with E-state index in [2.05, 4.69) is 4.72 Å². The topological polar surface area (TPSA) is 105 Å². The van der Waals surface area contributed by atoms with E-state index in [-0.39, 0.29) is 30.0 Å². The van der Waals surface area contributed by atoms with Crippen LogP contribution < -0.4 is 14.2 Å². The monoisotopic (exact) mass is 369 g/mol. The molecule has 10 heteroatoms. The van der Waals surface area contributed by atoms with E-state index in [0.717, 1.165) is 0 Å². The molecule has 1 aromatic carbocycles. The molecule has 0 aromatic heterocycles. The molecular weight excluding hydrogens is 350 g/mol. The Morgan fingerprint density at radius 3 is 2.40 bits per heavy atom. The molecule has 1 aromatic rings. The molecule has 1 N–H and O–H groups in total. The lowest BCUT2D eigenvalue weighted by atomic mass is 10.3. The van der Waals surface area contributed by atoms with Gasteiger partial charge in [0.05, 0.1) is 11.4 Å². The van der Waals surface area contributed by atoms with Crippen molar-refractivity contribution in [2.75, 3.05) is 39.5 Å². The highest BCUT2D eigenvalue weighted by Gasteiger charge is 2.25. The quantitative estimate of drug-likeness (QED) is 0.759. The molecule has 0 radical (unpaired) electrons. The lowest BCUT2D eigenvalue weighted by molar-refractivity contribution is -0.137. The second-order valence-corrected chi connectivity index (χ2v) is 7.49. The first-order chi connectivity index (χ1) is 11.9. The number of nitrogens with one attached hydrogen (secondary N) is 1. The van der Waals surface area contributed by atoms with Gasteiger partial charge in [0.15, 0.2) is 11.5 Å². The van der Waals surface area contributed by atoms with Crippen LogP contribution in [0.3, 0.4) is 0 Å². The summed E-state index contributed by atoms with van der Waals surface area (Å²) in [7, 11) is -3.84. The van der Waals surface area contributed by atoms with Crippen molar-refractivity contribution in [1.29, 1.82) is 0 Å². The molecule has 9 nitrogen and oxygen atoms in total. The molecule has 2 amide bonds. The highest BCUT2D eigenvalue weighted by atomic mass is 32.2. The maximum atomic E-state index is 12.3. The number of rotatable bonds is 4.